The minimum Gasteiger partial charge on any atom is -0.361 e. The summed E-state index contributed by atoms with van der Waals surface area (Å²) in [5.41, 5.74) is 2.80. The molecule has 0 atom stereocenters. The third-order valence-corrected chi connectivity index (χ3v) is 3.36. The molecule has 18 heavy (non-hydrogen) atoms. The van der Waals surface area contributed by atoms with Crippen LogP contribution < -0.4 is 0 Å². The lowest BCUT2D eigenvalue weighted by molar-refractivity contribution is 0.0728. The molecule has 92 valence electrons. The molecule has 0 unspecified atom stereocenters. The molecule has 1 aliphatic rings. The van der Waals surface area contributed by atoms with Gasteiger partial charge in [-0.3, -0.25) is 4.79 Å². The smallest absolute Gasteiger partial charge is 0.254 e. The van der Waals surface area contributed by atoms with Gasteiger partial charge in [0.2, 0.25) is 0 Å². The fraction of sp³-hybridized carbons (Fsp3) is 0.286. The zero-order valence-electron chi connectivity index (χ0n) is 10.2. The van der Waals surface area contributed by atoms with Gasteiger partial charge in [-0.05, 0) is 18.6 Å². The summed E-state index contributed by atoms with van der Waals surface area (Å²) < 4.78 is 5.13. The molecular weight excluding hydrogens is 228 g/mol. The molecule has 2 heterocycles. The van der Waals surface area contributed by atoms with Gasteiger partial charge in [-0.25, -0.2) is 0 Å². The summed E-state index contributed by atoms with van der Waals surface area (Å²) in [5, 5.41) is 3.77. The van der Waals surface area contributed by atoms with Gasteiger partial charge in [-0.1, -0.05) is 23.4 Å². The quantitative estimate of drug-likeness (QED) is 0.770. The molecule has 1 amide bonds. The molecule has 0 saturated carbocycles. The number of nitrogens with zero attached hydrogens (tertiary/aromatic N) is 2. The van der Waals surface area contributed by atoms with E-state index in [0.717, 1.165) is 28.9 Å². The van der Waals surface area contributed by atoms with Crippen molar-refractivity contribution in [1.82, 2.24) is 10.1 Å². The first kappa shape index (κ1) is 11.0. The van der Waals surface area contributed by atoms with E-state index in [1.165, 1.54) is 0 Å². The van der Waals surface area contributed by atoms with Crippen LogP contribution in [0.15, 0.2) is 35.0 Å². The van der Waals surface area contributed by atoms with Gasteiger partial charge in [0.25, 0.3) is 5.91 Å². The summed E-state index contributed by atoms with van der Waals surface area (Å²) in [6.45, 7) is 3.24. The van der Waals surface area contributed by atoms with Crippen molar-refractivity contribution < 1.29 is 9.32 Å². The lowest BCUT2D eigenvalue weighted by Gasteiger charge is -2.26. The van der Waals surface area contributed by atoms with Crippen LogP contribution in [-0.2, 0) is 13.0 Å². The first-order chi connectivity index (χ1) is 8.75. The Morgan fingerprint density at radius 3 is 3.06 bits per heavy atom. The molecule has 0 radical (unpaired) electrons. The Hall–Kier alpha value is -2.10. The molecule has 1 aromatic heterocycles. The number of aryl methyl sites for hydroxylation is 1. The van der Waals surface area contributed by atoms with Gasteiger partial charge in [0.15, 0.2) is 0 Å². The molecule has 4 nitrogen and oxygen atoms in total. The van der Waals surface area contributed by atoms with Crippen molar-refractivity contribution in [2.75, 3.05) is 6.54 Å². The van der Waals surface area contributed by atoms with Crippen molar-refractivity contribution in [1.29, 1.82) is 0 Å². The summed E-state index contributed by atoms with van der Waals surface area (Å²) >= 11 is 0. The number of benzene rings is 1. The molecule has 4 heteroatoms. The standard InChI is InChI=1S/C14H14N2O2/c1-10-4-2-3-5-12(10)14(17)16-7-6-13-11(9-16)8-15-18-13/h2-5,8H,6-7,9H2,1H3. The summed E-state index contributed by atoms with van der Waals surface area (Å²) in [4.78, 5) is 14.3. The molecule has 0 N–H and O–H groups in total. The number of carbonyl (C=O) groups excluding carboxylic acids is 1. The second-order valence-electron chi connectivity index (χ2n) is 4.57. The van der Waals surface area contributed by atoms with Crippen LogP contribution in [0.5, 0.6) is 0 Å². The van der Waals surface area contributed by atoms with Gasteiger partial charge in [0.1, 0.15) is 5.76 Å². The monoisotopic (exact) mass is 242 g/mol. The zero-order chi connectivity index (χ0) is 12.5. The van der Waals surface area contributed by atoms with E-state index in [0.29, 0.717) is 13.1 Å². The molecule has 1 aromatic carbocycles. The Kier molecular flexibility index (Phi) is 2.63. The maximum absolute atomic E-state index is 12.4. The van der Waals surface area contributed by atoms with Crippen molar-refractivity contribution >= 4 is 5.91 Å². The third kappa shape index (κ3) is 1.79. The fourth-order valence-corrected chi connectivity index (χ4v) is 2.30. The van der Waals surface area contributed by atoms with E-state index in [-0.39, 0.29) is 5.91 Å². The second kappa shape index (κ2) is 4.29. The SMILES string of the molecule is Cc1ccccc1C(=O)N1CCc2oncc2C1. The van der Waals surface area contributed by atoms with Crippen LogP contribution in [0.25, 0.3) is 0 Å². The highest BCUT2D eigenvalue weighted by Crippen LogP contribution is 2.20. The van der Waals surface area contributed by atoms with Gasteiger partial charge in [0, 0.05) is 24.1 Å². The number of amides is 1. The maximum Gasteiger partial charge on any atom is 0.254 e. The van der Waals surface area contributed by atoms with Gasteiger partial charge in [0.05, 0.1) is 12.7 Å². The zero-order valence-corrected chi connectivity index (χ0v) is 10.2. The molecule has 0 saturated heterocycles. The molecule has 2 aromatic rings. The van der Waals surface area contributed by atoms with E-state index in [1.54, 1.807) is 6.20 Å². The fourth-order valence-electron chi connectivity index (χ4n) is 2.30. The van der Waals surface area contributed by atoms with Crippen molar-refractivity contribution in [3.63, 3.8) is 0 Å². The number of aromatic nitrogens is 1. The Labute approximate surface area is 105 Å². The van der Waals surface area contributed by atoms with Crippen molar-refractivity contribution in [2.24, 2.45) is 0 Å². The van der Waals surface area contributed by atoms with Crippen LogP contribution in [-0.4, -0.2) is 22.5 Å². The Balaban J connectivity index is 1.85. The molecule has 3 rings (SSSR count). The van der Waals surface area contributed by atoms with E-state index < -0.39 is 0 Å². The van der Waals surface area contributed by atoms with Crippen LogP contribution in [0.4, 0.5) is 0 Å². The van der Waals surface area contributed by atoms with E-state index in [4.69, 9.17) is 4.52 Å². The Morgan fingerprint density at radius 2 is 2.22 bits per heavy atom. The van der Waals surface area contributed by atoms with E-state index in [2.05, 4.69) is 5.16 Å². The Bertz CT molecular complexity index is 589. The van der Waals surface area contributed by atoms with Crippen molar-refractivity contribution in [3.8, 4) is 0 Å². The molecule has 0 aliphatic carbocycles. The number of carbonyl (C=O) groups is 1. The predicted octanol–water partition coefficient (Wildman–Crippen LogP) is 2.18. The molecule has 1 aliphatic heterocycles. The third-order valence-electron chi connectivity index (χ3n) is 3.36. The van der Waals surface area contributed by atoms with Crippen molar-refractivity contribution in [3.05, 3.63) is 52.9 Å². The average Bonchev–Trinajstić information content (AvgIpc) is 2.85. The highest BCUT2D eigenvalue weighted by Gasteiger charge is 2.24. The number of fused-ring (bicyclic) bond motifs is 1. The summed E-state index contributed by atoms with van der Waals surface area (Å²) in [7, 11) is 0. The highest BCUT2D eigenvalue weighted by atomic mass is 16.5. The van der Waals surface area contributed by atoms with Gasteiger partial charge in [-0.15, -0.1) is 0 Å². The number of hydrogen-bond acceptors (Lipinski definition) is 3. The van der Waals surface area contributed by atoms with E-state index >= 15 is 0 Å². The average molecular weight is 242 g/mol. The van der Waals surface area contributed by atoms with Crippen molar-refractivity contribution in [2.45, 2.75) is 19.9 Å². The van der Waals surface area contributed by atoms with E-state index in [1.807, 2.05) is 36.1 Å². The van der Waals surface area contributed by atoms with Crippen LogP contribution in [0, 0.1) is 6.92 Å². The van der Waals surface area contributed by atoms with Crippen LogP contribution in [0.3, 0.4) is 0 Å². The first-order valence-electron chi connectivity index (χ1n) is 6.03. The normalized spacial score (nSPS) is 14.4. The van der Waals surface area contributed by atoms with Gasteiger partial charge >= 0.3 is 0 Å². The van der Waals surface area contributed by atoms with Gasteiger partial charge < -0.3 is 9.42 Å². The summed E-state index contributed by atoms with van der Waals surface area (Å²) in [6.07, 6.45) is 2.44. The molecule has 0 bridgehead atoms. The molecule has 0 spiro atoms. The topological polar surface area (TPSA) is 46.3 Å². The lowest BCUT2D eigenvalue weighted by Crippen LogP contribution is -2.35. The molecule has 0 fully saturated rings. The maximum atomic E-state index is 12.4. The first-order valence-corrected chi connectivity index (χ1v) is 6.03. The summed E-state index contributed by atoms with van der Waals surface area (Å²) in [5.74, 6) is 0.990. The van der Waals surface area contributed by atoms with E-state index in [9.17, 15) is 4.79 Å². The second-order valence-corrected chi connectivity index (χ2v) is 4.57. The minimum absolute atomic E-state index is 0.0833. The molecular formula is C14H14N2O2. The van der Waals surface area contributed by atoms with Crippen LogP contribution in [0.1, 0.15) is 27.2 Å². The van der Waals surface area contributed by atoms with Crippen LogP contribution in [0.2, 0.25) is 0 Å². The lowest BCUT2D eigenvalue weighted by atomic mass is 10.0. The summed E-state index contributed by atoms with van der Waals surface area (Å²) in [6, 6.07) is 7.68. The largest absolute Gasteiger partial charge is 0.361 e. The highest BCUT2D eigenvalue weighted by molar-refractivity contribution is 5.95. The Morgan fingerprint density at radius 1 is 1.39 bits per heavy atom. The predicted molar refractivity (Wildman–Crippen MR) is 66.1 cm³/mol. The minimum atomic E-state index is 0.0833. The number of rotatable bonds is 1. The van der Waals surface area contributed by atoms with Gasteiger partial charge in [-0.2, -0.15) is 0 Å². The van der Waals surface area contributed by atoms with Crippen LogP contribution >= 0.6 is 0 Å². The number of hydrogen-bond donors (Lipinski definition) is 0.